The molecule has 0 bridgehead atoms. The van der Waals surface area contributed by atoms with Crippen molar-refractivity contribution in [2.24, 2.45) is 0 Å². The fraction of sp³-hybridized carbons (Fsp3) is 0.211. The summed E-state index contributed by atoms with van der Waals surface area (Å²) in [6.45, 7) is 2.19. The maximum absolute atomic E-state index is 12.7. The van der Waals surface area contributed by atoms with Crippen LogP contribution in [0.15, 0.2) is 59.4 Å². The summed E-state index contributed by atoms with van der Waals surface area (Å²) in [5, 5.41) is 12.8. The molecule has 0 aliphatic rings. The summed E-state index contributed by atoms with van der Waals surface area (Å²) in [4.78, 5) is 12.7. The van der Waals surface area contributed by atoms with Crippen LogP contribution in [0.3, 0.4) is 0 Å². The van der Waals surface area contributed by atoms with Crippen LogP contribution in [0.25, 0.3) is 21.5 Å². The molecule has 2 heteroatoms. The highest BCUT2D eigenvalue weighted by Crippen LogP contribution is 2.23. The van der Waals surface area contributed by atoms with Crippen molar-refractivity contribution >= 4 is 21.5 Å². The van der Waals surface area contributed by atoms with Gasteiger partial charge >= 0.3 is 0 Å². The van der Waals surface area contributed by atoms with Crippen molar-refractivity contribution in [3.05, 3.63) is 70.4 Å². The topological polar surface area (TPSA) is 37.3 Å². The van der Waals surface area contributed by atoms with Gasteiger partial charge in [0.2, 0.25) is 0 Å². The largest absolute Gasteiger partial charge is 0.396 e. The first-order valence-electron chi connectivity index (χ1n) is 7.31. The molecule has 1 atom stereocenters. The molecule has 0 aliphatic carbocycles. The number of aliphatic hydroxyl groups is 1. The second kappa shape index (κ2) is 5.66. The predicted octanol–water partition coefficient (Wildman–Crippen LogP) is 3.84. The minimum atomic E-state index is 0.0641. The van der Waals surface area contributed by atoms with E-state index in [0.29, 0.717) is 0 Å². The van der Waals surface area contributed by atoms with E-state index >= 15 is 0 Å². The predicted molar refractivity (Wildman–Crippen MR) is 87.8 cm³/mol. The highest BCUT2D eigenvalue weighted by molar-refractivity contribution is 5.93. The summed E-state index contributed by atoms with van der Waals surface area (Å²) in [7, 11) is 0. The number of benzene rings is 2. The van der Waals surface area contributed by atoms with Gasteiger partial charge in [-0.05, 0) is 22.8 Å². The van der Waals surface area contributed by atoms with Crippen LogP contribution in [0.5, 0.6) is 0 Å². The zero-order chi connectivity index (χ0) is 14.8. The molecule has 0 heterocycles. The van der Waals surface area contributed by atoms with Crippen molar-refractivity contribution < 1.29 is 5.11 Å². The zero-order valence-corrected chi connectivity index (χ0v) is 12.0. The lowest BCUT2D eigenvalue weighted by Crippen LogP contribution is -2.03. The van der Waals surface area contributed by atoms with Crippen molar-refractivity contribution in [2.75, 3.05) is 6.61 Å². The second-order valence-corrected chi connectivity index (χ2v) is 5.38. The minimum absolute atomic E-state index is 0.0641. The van der Waals surface area contributed by atoms with Gasteiger partial charge in [-0.3, -0.25) is 4.79 Å². The molecule has 0 aromatic heterocycles. The smallest absolute Gasteiger partial charge is 0.194 e. The summed E-state index contributed by atoms with van der Waals surface area (Å²) in [5.41, 5.74) is 1.15. The third-order valence-electron chi connectivity index (χ3n) is 4.15. The van der Waals surface area contributed by atoms with E-state index in [2.05, 4.69) is 6.92 Å². The van der Waals surface area contributed by atoms with Crippen molar-refractivity contribution in [2.45, 2.75) is 19.3 Å². The maximum atomic E-state index is 12.7. The van der Waals surface area contributed by atoms with Gasteiger partial charge < -0.3 is 5.11 Å². The Morgan fingerprint density at radius 3 is 2.43 bits per heavy atom. The fourth-order valence-corrected chi connectivity index (χ4v) is 2.82. The lowest BCUT2D eigenvalue weighted by atomic mass is 9.95. The Morgan fingerprint density at radius 1 is 0.952 bits per heavy atom. The lowest BCUT2D eigenvalue weighted by Gasteiger charge is -2.12. The van der Waals surface area contributed by atoms with Gasteiger partial charge in [-0.25, -0.2) is 0 Å². The Balaban J connectivity index is 2.33. The molecule has 0 saturated heterocycles. The molecular formula is C19H18O2. The standard InChI is InChI=1S/C19H18O2/c1-2-13(12-20)15-9-10-18-16(11-15)8-7-14-5-3-4-6-17(14)19(18)21/h3-11,13,20H,2,12H2,1H3. The molecule has 2 nitrogen and oxygen atoms in total. The SMILES string of the molecule is CCC(CO)c1ccc2c(=O)c3ccccc3ccc2c1. The van der Waals surface area contributed by atoms with Crippen molar-refractivity contribution in [1.29, 1.82) is 0 Å². The zero-order valence-electron chi connectivity index (χ0n) is 12.0. The van der Waals surface area contributed by atoms with Gasteiger partial charge in [0.15, 0.2) is 5.43 Å². The molecule has 0 spiro atoms. The molecule has 3 aromatic rings. The molecular weight excluding hydrogens is 260 g/mol. The molecule has 106 valence electrons. The molecule has 0 aliphatic heterocycles. The van der Waals surface area contributed by atoms with E-state index in [-0.39, 0.29) is 18.0 Å². The van der Waals surface area contributed by atoms with Crippen LogP contribution in [-0.2, 0) is 0 Å². The summed E-state index contributed by atoms with van der Waals surface area (Å²) in [6, 6.07) is 17.5. The number of fused-ring (bicyclic) bond motifs is 2. The van der Waals surface area contributed by atoms with E-state index in [1.54, 1.807) is 0 Å². The molecule has 0 amide bonds. The van der Waals surface area contributed by atoms with Gasteiger partial charge in [-0.15, -0.1) is 0 Å². The number of rotatable bonds is 3. The van der Waals surface area contributed by atoms with E-state index in [9.17, 15) is 9.90 Å². The normalized spacial score (nSPS) is 12.7. The maximum Gasteiger partial charge on any atom is 0.194 e. The van der Waals surface area contributed by atoms with Gasteiger partial charge in [0, 0.05) is 23.3 Å². The number of hydrogen-bond donors (Lipinski definition) is 1. The van der Waals surface area contributed by atoms with Gasteiger partial charge in [-0.1, -0.05) is 61.5 Å². The van der Waals surface area contributed by atoms with E-state index in [1.807, 2.05) is 54.6 Å². The van der Waals surface area contributed by atoms with Gasteiger partial charge in [0.25, 0.3) is 0 Å². The molecule has 0 radical (unpaired) electrons. The quantitative estimate of drug-likeness (QED) is 0.790. The van der Waals surface area contributed by atoms with Crippen LogP contribution >= 0.6 is 0 Å². The molecule has 0 saturated carbocycles. The number of aliphatic hydroxyl groups excluding tert-OH is 1. The van der Waals surface area contributed by atoms with Crippen molar-refractivity contribution in [1.82, 2.24) is 0 Å². The highest BCUT2D eigenvalue weighted by Gasteiger charge is 2.09. The molecule has 1 unspecified atom stereocenters. The average molecular weight is 278 g/mol. The van der Waals surface area contributed by atoms with E-state index in [1.165, 1.54) is 0 Å². The highest BCUT2D eigenvalue weighted by atomic mass is 16.3. The molecule has 3 rings (SSSR count). The van der Waals surface area contributed by atoms with Gasteiger partial charge in [0.1, 0.15) is 0 Å². The molecule has 3 aromatic carbocycles. The summed E-state index contributed by atoms with van der Waals surface area (Å²) in [6.07, 6.45) is 0.882. The van der Waals surface area contributed by atoms with Crippen molar-refractivity contribution in [3.8, 4) is 0 Å². The Kier molecular flexibility index (Phi) is 3.72. The molecule has 21 heavy (non-hydrogen) atoms. The lowest BCUT2D eigenvalue weighted by molar-refractivity contribution is 0.262. The van der Waals surface area contributed by atoms with Crippen LogP contribution in [0.4, 0.5) is 0 Å². The Hall–Kier alpha value is -2.19. The monoisotopic (exact) mass is 278 g/mol. The Bertz CT molecular complexity index is 848. The number of hydrogen-bond acceptors (Lipinski definition) is 2. The summed E-state index contributed by atoms with van der Waals surface area (Å²) in [5.74, 6) is 0.129. The van der Waals surface area contributed by atoms with E-state index in [4.69, 9.17) is 0 Å². The first-order valence-corrected chi connectivity index (χ1v) is 7.31. The van der Waals surface area contributed by atoms with Crippen LogP contribution in [0.2, 0.25) is 0 Å². The first-order chi connectivity index (χ1) is 10.2. The van der Waals surface area contributed by atoms with Crippen LogP contribution < -0.4 is 5.43 Å². The van der Waals surface area contributed by atoms with Gasteiger partial charge in [0.05, 0.1) is 0 Å². The average Bonchev–Trinajstić information content (AvgIpc) is 2.67. The Labute approximate surface area is 123 Å². The third-order valence-corrected chi connectivity index (χ3v) is 4.15. The van der Waals surface area contributed by atoms with Crippen LogP contribution in [-0.4, -0.2) is 11.7 Å². The molecule has 0 fully saturated rings. The Morgan fingerprint density at radius 2 is 1.67 bits per heavy atom. The minimum Gasteiger partial charge on any atom is -0.396 e. The summed E-state index contributed by atoms with van der Waals surface area (Å²) >= 11 is 0. The van der Waals surface area contributed by atoms with Gasteiger partial charge in [-0.2, -0.15) is 0 Å². The first kappa shape index (κ1) is 13.8. The third kappa shape index (κ3) is 2.43. The summed E-state index contributed by atoms with van der Waals surface area (Å²) < 4.78 is 0. The van der Waals surface area contributed by atoms with Crippen LogP contribution in [0, 0.1) is 0 Å². The molecule has 1 N–H and O–H groups in total. The van der Waals surface area contributed by atoms with E-state index < -0.39 is 0 Å². The second-order valence-electron chi connectivity index (χ2n) is 5.38. The van der Waals surface area contributed by atoms with Crippen LogP contribution in [0.1, 0.15) is 24.8 Å². The van der Waals surface area contributed by atoms with E-state index in [0.717, 1.165) is 33.5 Å². The van der Waals surface area contributed by atoms with Crippen molar-refractivity contribution in [3.63, 3.8) is 0 Å². The fourth-order valence-electron chi connectivity index (χ4n) is 2.82.